The summed E-state index contributed by atoms with van der Waals surface area (Å²) in [6, 6.07) is 3.48. The van der Waals surface area contributed by atoms with E-state index in [0.29, 0.717) is 36.8 Å². The van der Waals surface area contributed by atoms with E-state index >= 15 is 0 Å². The molecule has 0 radical (unpaired) electrons. The quantitative estimate of drug-likeness (QED) is 0.912. The van der Waals surface area contributed by atoms with Gasteiger partial charge in [-0.2, -0.15) is 0 Å². The van der Waals surface area contributed by atoms with Gasteiger partial charge in [0.1, 0.15) is 5.82 Å². The zero-order valence-corrected chi connectivity index (χ0v) is 12.6. The molecule has 0 bridgehead atoms. The lowest BCUT2D eigenvalue weighted by Gasteiger charge is -2.31. The molecule has 2 heterocycles. The second kappa shape index (κ2) is 6.76. The maximum Gasteiger partial charge on any atom is 0.306 e. The maximum atomic E-state index is 12.2. The average Bonchev–Trinajstić information content (AvgIpc) is 2.47. The van der Waals surface area contributed by atoms with Crippen molar-refractivity contribution in [1.82, 2.24) is 9.88 Å². The summed E-state index contributed by atoms with van der Waals surface area (Å²) in [6.07, 6.45) is 2.57. The Morgan fingerprint density at radius 2 is 2.10 bits per heavy atom. The number of nitrogens with zero attached hydrogens (tertiary/aromatic N) is 3. The second-order valence-corrected chi connectivity index (χ2v) is 5.62. The van der Waals surface area contributed by atoms with Gasteiger partial charge < -0.3 is 14.9 Å². The van der Waals surface area contributed by atoms with Crippen LogP contribution in [0.3, 0.4) is 0 Å². The summed E-state index contributed by atoms with van der Waals surface area (Å²) < 4.78 is 0. The highest BCUT2D eigenvalue weighted by Gasteiger charge is 2.27. The molecule has 7 heteroatoms. The molecule has 1 aliphatic heterocycles. The molecule has 21 heavy (non-hydrogen) atoms. The molecular weight excluding hydrogens is 294 g/mol. The first-order valence-electron chi connectivity index (χ1n) is 6.80. The van der Waals surface area contributed by atoms with Gasteiger partial charge in [-0.1, -0.05) is 11.6 Å². The molecule has 114 valence electrons. The SMILES string of the molecule is CN(CC(=O)N1CCC(C(=O)O)CC1)c1ccc(Cl)cn1. The number of carbonyl (C=O) groups is 2. The molecule has 0 spiro atoms. The highest BCUT2D eigenvalue weighted by molar-refractivity contribution is 6.30. The number of aliphatic carboxylic acids is 1. The molecule has 1 aliphatic rings. The molecule has 6 nitrogen and oxygen atoms in total. The summed E-state index contributed by atoms with van der Waals surface area (Å²) in [5, 5.41) is 9.50. The van der Waals surface area contributed by atoms with Crippen LogP contribution in [0.2, 0.25) is 5.02 Å². The van der Waals surface area contributed by atoms with E-state index in [0.717, 1.165) is 0 Å². The minimum Gasteiger partial charge on any atom is -0.481 e. The summed E-state index contributed by atoms with van der Waals surface area (Å²) >= 11 is 5.78. The summed E-state index contributed by atoms with van der Waals surface area (Å²) in [6.45, 7) is 1.21. The van der Waals surface area contributed by atoms with E-state index in [1.165, 1.54) is 6.20 Å². The van der Waals surface area contributed by atoms with Gasteiger partial charge in [0.2, 0.25) is 5.91 Å². The van der Waals surface area contributed by atoms with Gasteiger partial charge in [-0.25, -0.2) is 4.98 Å². The second-order valence-electron chi connectivity index (χ2n) is 5.18. The number of amides is 1. The number of pyridine rings is 1. The molecule has 1 aromatic rings. The van der Waals surface area contributed by atoms with Crippen LogP contribution in [-0.2, 0) is 9.59 Å². The third kappa shape index (κ3) is 4.07. The predicted molar refractivity (Wildman–Crippen MR) is 79.5 cm³/mol. The van der Waals surface area contributed by atoms with E-state index in [1.54, 1.807) is 29.0 Å². The van der Waals surface area contributed by atoms with Crippen LogP contribution in [0.25, 0.3) is 0 Å². The summed E-state index contributed by atoms with van der Waals surface area (Å²) in [5.74, 6) is -0.444. The molecule has 1 saturated heterocycles. The minimum absolute atomic E-state index is 0.0157. The maximum absolute atomic E-state index is 12.2. The van der Waals surface area contributed by atoms with Gasteiger partial charge in [-0.15, -0.1) is 0 Å². The van der Waals surface area contributed by atoms with E-state index in [2.05, 4.69) is 4.98 Å². The van der Waals surface area contributed by atoms with Crippen molar-refractivity contribution in [3.63, 3.8) is 0 Å². The van der Waals surface area contributed by atoms with Crippen molar-refractivity contribution in [2.75, 3.05) is 31.6 Å². The molecule has 0 atom stereocenters. The van der Waals surface area contributed by atoms with Crippen molar-refractivity contribution in [1.29, 1.82) is 0 Å². The predicted octanol–water partition coefficient (Wildman–Crippen LogP) is 1.49. The van der Waals surface area contributed by atoms with Gasteiger partial charge in [0.05, 0.1) is 17.5 Å². The highest BCUT2D eigenvalue weighted by atomic mass is 35.5. The molecule has 0 aromatic carbocycles. The largest absolute Gasteiger partial charge is 0.481 e. The third-order valence-electron chi connectivity index (χ3n) is 3.67. The molecule has 0 unspecified atom stereocenters. The molecule has 1 fully saturated rings. The van der Waals surface area contributed by atoms with E-state index in [9.17, 15) is 9.59 Å². The summed E-state index contributed by atoms with van der Waals surface area (Å²) in [7, 11) is 1.79. The Kier molecular flexibility index (Phi) is 5.01. The normalized spacial score (nSPS) is 15.8. The number of rotatable bonds is 4. The first-order chi connectivity index (χ1) is 9.97. The number of hydrogen-bond donors (Lipinski definition) is 1. The highest BCUT2D eigenvalue weighted by Crippen LogP contribution is 2.18. The molecule has 0 saturated carbocycles. The summed E-state index contributed by atoms with van der Waals surface area (Å²) in [4.78, 5) is 30.7. The lowest BCUT2D eigenvalue weighted by Crippen LogP contribution is -2.44. The standard InChI is InChI=1S/C14H18ClN3O3/c1-17(12-3-2-11(15)8-16-12)9-13(19)18-6-4-10(5-7-18)14(20)21/h2-3,8,10H,4-7,9H2,1H3,(H,20,21). The van der Waals surface area contributed by atoms with Gasteiger partial charge in [0.15, 0.2) is 0 Å². The Hall–Kier alpha value is -1.82. The van der Waals surface area contributed by atoms with Gasteiger partial charge in [0, 0.05) is 26.3 Å². The number of likely N-dealkylation sites (N-methyl/N-ethyl adjacent to an activating group) is 1. The number of carbonyl (C=O) groups excluding carboxylic acids is 1. The van der Waals surface area contributed by atoms with E-state index in [4.69, 9.17) is 16.7 Å². The number of halogens is 1. The van der Waals surface area contributed by atoms with Crippen LogP contribution >= 0.6 is 11.6 Å². The third-order valence-corrected chi connectivity index (χ3v) is 3.90. The number of piperidine rings is 1. The Morgan fingerprint density at radius 3 is 2.62 bits per heavy atom. The fourth-order valence-corrected chi connectivity index (χ4v) is 2.47. The minimum atomic E-state index is -0.774. The zero-order valence-electron chi connectivity index (χ0n) is 11.8. The van der Waals surface area contributed by atoms with Gasteiger partial charge in [-0.3, -0.25) is 9.59 Å². The van der Waals surface area contributed by atoms with Crippen LogP contribution in [0.15, 0.2) is 18.3 Å². The van der Waals surface area contributed by atoms with Crippen molar-refractivity contribution in [2.24, 2.45) is 5.92 Å². The Balaban J connectivity index is 1.87. The Bertz CT molecular complexity index is 513. The molecule has 1 N–H and O–H groups in total. The van der Waals surface area contributed by atoms with Gasteiger partial charge in [-0.05, 0) is 25.0 Å². The van der Waals surface area contributed by atoms with Crippen molar-refractivity contribution >= 4 is 29.3 Å². The summed E-state index contributed by atoms with van der Waals surface area (Å²) in [5.41, 5.74) is 0. The lowest BCUT2D eigenvalue weighted by molar-refractivity contribution is -0.145. The van der Waals surface area contributed by atoms with Crippen molar-refractivity contribution in [3.05, 3.63) is 23.4 Å². The van der Waals surface area contributed by atoms with Crippen LogP contribution < -0.4 is 4.90 Å². The van der Waals surface area contributed by atoms with E-state index in [-0.39, 0.29) is 18.4 Å². The lowest BCUT2D eigenvalue weighted by atomic mass is 9.97. The Labute approximate surface area is 128 Å². The molecule has 2 rings (SSSR count). The number of anilines is 1. The molecule has 1 amide bonds. The van der Waals surface area contributed by atoms with Crippen molar-refractivity contribution in [3.8, 4) is 0 Å². The van der Waals surface area contributed by atoms with Crippen LogP contribution in [0.4, 0.5) is 5.82 Å². The van der Waals surface area contributed by atoms with Crippen LogP contribution in [0.5, 0.6) is 0 Å². The fraction of sp³-hybridized carbons (Fsp3) is 0.500. The van der Waals surface area contributed by atoms with Crippen molar-refractivity contribution < 1.29 is 14.7 Å². The first-order valence-corrected chi connectivity index (χ1v) is 7.18. The number of hydrogen-bond acceptors (Lipinski definition) is 4. The molecule has 1 aromatic heterocycles. The fourth-order valence-electron chi connectivity index (χ4n) is 2.35. The zero-order chi connectivity index (χ0) is 15.4. The Morgan fingerprint density at radius 1 is 1.43 bits per heavy atom. The number of likely N-dealkylation sites (tertiary alicyclic amines) is 1. The molecular formula is C14H18ClN3O3. The number of carboxylic acids is 1. The van der Waals surface area contributed by atoms with Crippen LogP contribution in [0, 0.1) is 5.92 Å². The topological polar surface area (TPSA) is 73.7 Å². The van der Waals surface area contributed by atoms with Gasteiger partial charge in [0.25, 0.3) is 0 Å². The van der Waals surface area contributed by atoms with E-state index < -0.39 is 5.97 Å². The smallest absolute Gasteiger partial charge is 0.306 e. The van der Waals surface area contributed by atoms with Crippen LogP contribution in [0.1, 0.15) is 12.8 Å². The van der Waals surface area contributed by atoms with Crippen molar-refractivity contribution in [2.45, 2.75) is 12.8 Å². The first kappa shape index (κ1) is 15.6. The monoisotopic (exact) mass is 311 g/mol. The van der Waals surface area contributed by atoms with Crippen LogP contribution in [-0.4, -0.2) is 53.5 Å². The number of carboxylic acid groups (broad SMARTS) is 1. The average molecular weight is 312 g/mol. The van der Waals surface area contributed by atoms with E-state index in [1.807, 2.05) is 0 Å². The number of aromatic nitrogens is 1. The molecule has 0 aliphatic carbocycles. The van der Waals surface area contributed by atoms with Gasteiger partial charge >= 0.3 is 5.97 Å².